The molecule has 1 aromatic heterocycles. The summed E-state index contributed by atoms with van der Waals surface area (Å²) < 4.78 is 27.0. The highest BCUT2D eigenvalue weighted by Gasteiger charge is 2.31. The van der Waals surface area contributed by atoms with Gasteiger partial charge >= 0.3 is 0 Å². The van der Waals surface area contributed by atoms with E-state index in [9.17, 15) is 8.42 Å². The summed E-state index contributed by atoms with van der Waals surface area (Å²) >= 11 is 0. The molecule has 21 heavy (non-hydrogen) atoms. The molecular weight excluding hydrogens is 288 g/mol. The van der Waals surface area contributed by atoms with E-state index < -0.39 is 10.0 Å². The first-order valence-electron chi connectivity index (χ1n) is 7.24. The van der Waals surface area contributed by atoms with Crippen LogP contribution < -0.4 is 5.73 Å². The van der Waals surface area contributed by atoms with Gasteiger partial charge in [-0.25, -0.2) is 8.42 Å². The lowest BCUT2D eigenvalue weighted by Crippen LogP contribution is -2.41. The van der Waals surface area contributed by atoms with E-state index in [4.69, 9.17) is 5.73 Å². The standard InChI is InChI=1S/C14H24N4O2S/c1-17(2)11-12-5-8-18(9-6-12)21(19,20)14-4-3-7-16-13(14)10-15/h3-4,7,12H,5-6,8-11,15H2,1-2H3. The predicted molar refractivity (Wildman–Crippen MR) is 82.2 cm³/mol. The molecular formula is C14H24N4O2S. The number of piperidine rings is 1. The van der Waals surface area contributed by atoms with E-state index in [-0.39, 0.29) is 11.4 Å². The van der Waals surface area contributed by atoms with Crippen molar-refractivity contribution in [3.63, 3.8) is 0 Å². The van der Waals surface area contributed by atoms with E-state index >= 15 is 0 Å². The molecule has 1 aromatic rings. The second-order valence-corrected chi connectivity index (χ2v) is 7.67. The second-order valence-electron chi connectivity index (χ2n) is 5.76. The number of aromatic nitrogens is 1. The molecule has 0 atom stereocenters. The molecule has 6 nitrogen and oxygen atoms in total. The maximum absolute atomic E-state index is 12.7. The number of sulfonamides is 1. The van der Waals surface area contributed by atoms with Crippen molar-refractivity contribution in [1.82, 2.24) is 14.2 Å². The van der Waals surface area contributed by atoms with Gasteiger partial charge in [0.2, 0.25) is 10.0 Å². The smallest absolute Gasteiger partial charge is 0.244 e. The average Bonchev–Trinajstić information content (AvgIpc) is 2.47. The third kappa shape index (κ3) is 3.79. The summed E-state index contributed by atoms with van der Waals surface area (Å²) in [6.07, 6.45) is 3.37. The van der Waals surface area contributed by atoms with Crippen LogP contribution >= 0.6 is 0 Å². The Morgan fingerprint density at radius 3 is 2.62 bits per heavy atom. The Balaban J connectivity index is 2.11. The van der Waals surface area contributed by atoms with Gasteiger partial charge in [-0.05, 0) is 45.0 Å². The molecule has 1 fully saturated rings. The molecule has 0 bridgehead atoms. The van der Waals surface area contributed by atoms with Crippen LogP contribution in [-0.2, 0) is 16.6 Å². The Morgan fingerprint density at radius 1 is 1.38 bits per heavy atom. The van der Waals surface area contributed by atoms with Crippen LogP contribution in [0.3, 0.4) is 0 Å². The van der Waals surface area contributed by atoms with Gasteiger partial charge in [0.15, 0.2) is 0 Å². The van der Waals surface area contributed by atoms with Gasteiger partial charge < -0.3 is 10.6 Å². The molecule has 0 amide bonds. The van der Waals surface area contributed by atoms with Gasteiger partial charge in [-0.15, -0.1) is 0 Å². The van der Waals surface area contributed by atoms with Gasteiger partial charge in [0.1, 0.15) is 4.90 Å². The summed E-state index contributed by atoms with van der Waals surface area (Å²) in [4.78, 5) is 6.48. The summed E-state index contributed by atoms with van der Waals surface area (Å²) in [5, 5.41) is 0. The van der Waals surface area contributed by atoms with Gasteiger partial charge in [0, 0.05) is 32.4 Å². The minimum Gasteiger partial charge on any atom is -0.325 e. The van der Waals surface area contributed by atoms with Crippen LogP contribution in [-0.4, -0.2) is 56.3 Å². The van der Waals surface area contributed by atoms with Gasteiger partial charge in [-0.3, -0.25) is 4.98 Å². The minimum atomic E-state index is -3.48. The minimum absolute atomic E-state index is 0.131. The van der Waals surface area contributed by atoms with Crippen LogP contribution in [0.5, 0.6) is 0 Å². The summed E-state index contributed by atoms with van der Waals surface area (Å²) in [5.41, 5.74) is 6.04. The average molecular weight is 312 g/mol. The van der Waals surface area contributed by atoms with Crippen molar-refractivity contribution < 1.29 is 8.42 Å². The molecule has 118 valence electrons. The number of hydrogen-bond donors (Lipinski definition) is 1. The third-order valence-corrected chi connectivity index (χ3v) is 5.83. The molecule has 1 aliphatic heterocycles. The van der Waals surface area contributed by atoms with Crippen molar-refractivity contribution in [3.05, 3.63) is 24.0 Å². The Bertz CT molecular complexity index is 566. The molecule has 0 spiro atoms. The van der Waals surface area contributed by atoms with Crippen molar-refractivity contribution in [2.24, 2.45) is 11.7 Å². The van der Waals surface area contributed by atoms with Gasteiger partial charge in [0.05, 0.1) is 5.69 Å². The van der Waals surface area contributed by atoms with Crippen LogP contribution in [0.1, 0.15) is 18.5 Å². The van der Waals surface area contributed by atoms with Crippen LogP contribution in [0, 0.1) is 5.92 Å². The quantitative estimate of drug-likeness (QED) is 0.856. The number of hydrogen-bond acceptors (Lipinski definition) is 5. The maximum atomic E-state index is 12.7. The monoisotopic (exact) mass is 312 g/mol. The molecule has 0 aromatic carbocycles. The van der Waals surface area contributed by atoms with Crippen LogP contribution in [0.4, 0.5) is 0 Å². The molecule has 0 unspecified atom stereocenters. The number of pyridine rings is 1. The molecule has 1 aliphatic rings. The first-order chi connectivity index (χ1) is 9.95. The highest BCUT2D eigenvalue weighted by molar-refractivity contribution is 7.89. The Labute approximate surface area is 127 Å². The number of nitrogens with two attached hydrogens (primary N) is 1. The molecule has 0 saturated carbocycles. The lowest BCUT2D eigenvalue weighted by Gasteiger charge is -2.32. The topological polar surface area (TPSA) is 79.5 Å². The van der Waals surface area contributed by atoms with Crippen LogP contribution in [0.2, 0.25) is 0 Å². The maximum Gasteiger partial charge on any atom is 0.244 e. The summed E-state index contributed by atoms with van der Waals surface area (Å²) in [6.45, 7) is 2.28. The lowest BCUT2D eigenvalue weighted by atomic mass is 9.98. The molecule has 1 saturated heterocycles. The first-order valence-corrected chi connectivity index (χ1v) is 8.68. The van der Waals surface area contributed by atoms with E-state index in [0.29, 0.717) is 24.7 Å². The van der Waals surface area contributed by atoms with Crippen molar-refractivity contribution >= 4 is 10.0 Å². The van der Waals surface area contributed by atoms with Crippen molar-refractivity contribution in [2.75, 3.05) is 33.7 Å². The molecule has 0 radical (unpaired) electrons. The Hall–Kier alpha value is -1.02. The fraction of sp³-hybridized carbons (Fsp3) is 0.643. The highest BCUT2D eigenvalue weighted by Crippen LogP contribution is 2.25. The van der Waals surface area contributed by atoms with Crippen LogP contribution in [0.15, 0.2) is 23.2 Å². The van der Waals surface area contributed by atoms with E-state index in [1.807, 2.05) is 14.1 Å². The zero-order valence-electron chi connectivity index (χ0n) is 12.7. The van der Waals surface area contributed by atoms with Crippen LogP contribution in [0.25, 0.3) is 0 Å². The number of nitrogens with zero attached hydrogens (tertiary/aromatic N) is 3. The Kier molecular flexibility index (Phi) is 5.32. The second kappa shape index (κ2) is 6.83. The molecule has 2 rings (SSSR count). The summed E-state index contributed by atoms with van der Waals surface area (Å²) in [7, 11) is 0.616. The van der Waals surface area contributed by atoms with E-state index in [0.717, 1.165) is 19.4 Å². The van der Waals surface area contributed by atoms with Crippen molar-refractivity contribution in [2.45, 2.75) is 24.3 Å². The summed E-state index contributed by atoms with van der Waals surface area (Å²) in [6, 6.07) is 3.24. The number of rotatable bonds is 5. The molecule has 2 N–H and O–H groups in total. The Morgan fingerprint density at radius 2 is 2.05 bits per heavy atom. The zero-order chi connectivity index (χ0) is 15.5. The SMILES string of the molecule is CN(C)CC1CCN(S(=O)(=O)c2cccnc2CN)CC1. The fourth-order valence-electron chi connectivity index (χ4n) is 2.80. The van der Waals surface area contributed by atoms with Crippen molar-refractivity contribution in [1.29, 1.82) is 0 Å². The molecule has 2 heterocycles. The third-order valence-electron chi connectivity index (χ3n) is 3.86. The van der Waals surface area contributed by atoms with E-state index in [1.54, 1.807) is 22.6 Å². The highest BCUT2D eigenvalue weighted by atomic mass is 32.2. The van der Waals surface area contributed by atoms with Crippen molar-refractivity contribution in [3.8, 4) is 0 Å². The molecule has 7 heteroatoms. The van der Waals surface area contributed by atoms with Gasteiger partial charge in [-0.2, -0.15) is 4.31 Å². The van der Waals surface area contributed by atoms with Gasteiger partial charge in [-0.1, -0.05) is 0 Å². The summed E-state index contributed by atoms with van der Waals surface area (Å²) in [5.74, 6) is 0.564. The fourth-order valence-corrected chi connectivity index (χ4v) is 4.45. The van der Waals surface area contributed by atoms with E-state index in [2.05, 4.69) is 9.88 Å². The predicted octanol–water partition coefficient (Wildman–Crippen LogP) is 0.503. The normalized spacial score (nSPS) is 18.3. The molecule has 0 aliphatic carbocycles. The first kappa shape index (κ1) is 16.4. The zero-order valence-corrected chi connectivity index (χ0v) is 13.5. The lowest BCUT2D eigenvalue weighted by molar-refractivity contribution is 0.225. The largest absolute Gasteiger partial charge is 0.325 e. The van der Waals surface area contributed by atoms with Gasteiger partial charge in [0.25, 0.3) is 0 Å². The van der Waals surface area contributed by atoms with E-state index in [1.165, 1.54) is 0 Å².